The van der Waals surface area contributed by atoms with Crippen molar-refractivity contribution in [3.05, 3.63) is 89.0 Å². The number of benzene rings is 3. The second-order valence-electron chi connectivity index (χ2n) is 12.4. The molecule has 2 heterocycles. The largest absolute Gasteiger partial charge is 0.497 e. The van der Waals surface area contributed by atoms with E-state index in [9.17, 15) is 26.4 Å². The third kappa shape index (κ3) is 9.10. The summed E-state index contributed by atoms with van der Waals surface area (Å²) in [4.78, 5) is 19.6. The molecule has 1 fully saturated rings. The van der Waals surface area contributed by atoms with E-state index in [0.29, 0.717) is 47.2 Å². The van der Waals surface area contributed by atoms with Gasteiger partial charge < -0.3 is 33.9 Å². The normalized spacial score (nSPS) is 13.6. The number of carbonyl (C=O) groups is 1. The van der Waals surface area contributed by atoms with Crippen LogP contribution < -0.4 is 33.9 Å². The lowest BCUT2D eigenvalue weighted by molar-refractivity contribution is -0.139. The lowest BCUT2D eigenvalue weighted by Crippen LogP contribution is -2.31. The molecule has 1 aliphatic heterocycles. The Morgan fingerprint density at radius 1 is 0.778 bits per heavy atom. The Bertz CT molecular complexity index is 2000. The fourth-order valence-corrected chi connectivity index (χ4v) is 7.63. The van der Waals surface area contributed by atoms with E-state index in [1.54, 1.807) is 41.3 Å². The molecule has 1 amide bonds. The van der Waals surface area contributed by atoms with Crippen LogP contribution in [-0.2, 0) is 29.3 Å². The van der Waals surface area contributed by atoms with Crippen molar-refractivity contribution in [2.75, 3.05) is 58.9 Å². The maximum atomic E-state index is 14.5. The third-order valence-electron chi connectivity index (χ3n) is 9.03. The van der Waals surface area contributed by atoms with Gasteiger partial charge in [-0.25, -0.2) is 8.42 Å². The summed E-state index contributed by atoms with van der Waals surface area (Å²) in [6.45, 7) is 0.697. The molecule has 0 saturated carbocycles. The van der Waals surface area contributed by atoms with E-state index in [1.807, 2.05) is 0 Å². The number of pyridine rings is 1. The predicted molar refractivity (Wildman–Crippen MR) is 196 cm³/mol. The maximum Gasteiger partial charge on any atom is 0.421 e. The monoisotopic (exact) mass is 772 g/mol. The minimum absolute atomic E-state index is 0.0382. The fourth-order valence-electron chi connectivity index (χ4n) is 6.19. The van der Waals surface area contributed by atoms with Gasteiger partial charge in [0.25, 0.3) is 5.91 Å². The van der Waals surface area contributed by atoms with E-state index < -0.39 is 33.6 Å². The molecule has 0 atom stereocenters. The van der Waals surface area contributed by atoms with Crippen LogP contribution in [0.4, 0.5) is 24.7 Å². The van der Waals surface area contributed by atoms with E-state index in [4.69, 9.17) is 23.7 Å². The first-order valence-electron chi connectivity index (χ1n) is 17.1. The summed E-state index contributed by atoms with van der Waals surface area (Å²) in [5, 5.41) is 2.62. The average molecular weight is 773 g/mol. The fraction of sp³-hybridized carbons (Fsp3) is 0.368. The topological polar surface area (TPSA) is 129 Å². The Morgan fingerprint density at radius 2 is 1.35 bits per heavy atom. The van der Waals surface area contributed by atoms with Gasteiger partial charge in [-0.05, 0) is 49.2 Å². The summed E-state index contributed by atoms with van der Waals surface area (Å²) in [6, 6.07) is 16.3. The van der Waals surface area contributed by atoms with Crippen LogP contribution in [0.3, 0.4) is 0 Å². The van der Waals surface area contributed by atoms with Gasteiger partial charge in [-0.3, -0.25) is 4.79 Å². The van der Waals surface area contributed by atoms with Gasteiger partial charge in [0.15, 0.2) is 0 Å². The first-order valence-corrected chi connectivity index (χ1v) is 18.5. The molecule has 5 rings (SSSR count). The quantitative estimate of drug-likeness (QED) is 0.141. The highest BCUT2D eigenvalue weighted by atomic mass is 32.2. The van der Waals surface area contributed by atoms with Crippen LogP contribution in [0.5, 0.6) is 28.9 Å². The van der Waals surface area contributed by atoms with Crippen molar-refractivity contribution in [1.29, 1.82) is 0 Å². The Hall–Kier alpha value is -5.22. The Kier molecular flexibility index (Phi) is 12.8. The van der Waals surface area contributed by atoms with Crippen molar-refractivity contribution in [1.82, 2.24) is 9.29 Å². The molecule has 12 nitrogen and oxygen atoms in total. The second kappa shape index (κ2) is 17.3. The Balaban J connectivity index is 1.53. The van der Waals surface area contributed by atoms with Crippen molar-refractivity contribution >= 4 is 27.4 Å². The SMILES string of the molecule is COc1ccc(CN(Cc2ccc(OC)cc2OC)S(=O)(=O)c2cccc(NC(=O)c3cc(C(F)(F)F)c(OC)nc3N3CCCCCC3)c2)c(OC)c1. The van der Waals surface area contributed by atoms with Crippen LogP contribution in [0.2, 0.25) is 0 Å². The number of nitrogens with one attached hydrogen (secondary N) is 1. The summed E-state index contributed by atoms with van der Waals surface area (Å²) in [7, 11) is 2.68. The van der Waals surface area contributed by atoms with Crippen LogP contribution >= 0.6 is 0 Å². The summed E-state index contributed by atoms with van der Waals surface area (Å²) in [5.74, 6) is 0.321. The smallest absolute Gasteiger partial charge is 0.421 e. The molecule has 0 unspecified atom stereocenters. The molecular formula is C38H43F3N4O8S. The molecule has 0 spiro atoms. The van der Waals surface area contributed by atoms with Crippen molar-refractivity contribution in [3.8, 4) is 28.9 Å². The number of hydrogen-bond donors (Lipinski definition) is 1. The molecule has 1 aliphatic rings. The van der Waals surface area contributed by atoms with Crippen LogP contribution in [0.25, 0.3) is 0 Å². The first kappa shape index (κ1) is 40.0. The van der Waals surface area contributed by atoms with Crippen LogP contribution in [-0.4, -0.2) is 72.3 Å². The molecule has 4 aromatic rings. The number of sulfonamides is 1. The summed E-state index contributed by atoms with van der Waals surface area (Å²) in [6.07, 6.45) is -1.45. The summed E-state index contributed by atoms with van der Waals surface area (Å²) >= 11 is 0. The van der Waals surface area contributed by atoms with Crippen LogP contribution in [0.1, 0.15) is 52.7 Å². The maximum absolute atomic E-state index is 14.5. The molecular weight excluding hydrogens is 729 g/mol. The van der Waals surface area contributed by atoms with Crippen molar-refractivity contribution in [2.24, 2.45) is 0 Å². The first-order chi connectivity index (χ1) is 25.8. The van der Waals surface area contributed by atoms with Crippen LogP contribution in [0, 0.1) is 0 Å². The number of aromatic nitrogens is 1. The number of halogens is 3. The molecule has 290 valence electrons. The van der Waals surface area contributed by atoms with Gasteiger partial charge in [0, 0.05) is 55.1 Å². The highest BCUT2D eigenvalue weighted by molar-refractivity contribution is 7.89. The lowest BCUT2D eigenvalue weighted by atomic mass is 10.1. The lowest BCUT2D eigenvalue weighted by Gasteiger charge is -2.26. The number of alkyl halides is 3. The van der Waals surface area contributed by atoms with Gasteiger partial charge in [0.2, 0.25) is 15.9 Å². The van der Waals surface area contributed by atoms with Crippen molar-refractivity contribution < 1.29 is 50.1 Å². The second-order valence-corrected chi connectivity index (χ2v) is 14.4. The van der Waals surface area contributed by atoms with Gasteiger partial charge in [0.1, 0.15) is 34.4 Å². The molecule has 0 radical (unpaired) electrons. The number of amides is 1. The number of hydrogen-bond acceptors (Lipinski definition) is 10. The molecule has 1 aromatic heterocycles. The van der Waals surface area contributed by atoms with Gasteiger partial charge in [0.05, 0.1) is 46.0 Å². The minimum atomic E-state index is -4.86. The molecule has 1 saturated heterocycles. The zero-order chi connectivity index (χ0) is 39.0. The van der Waals surface area contributed by atoms with E-state index >= 15 is 0 Å². The Morgan fingerprint density at radius 3 is 1.85 bits per heavy atom. The Labute approximate surface area is 312 Å². The highest BCUT2D eigenvalue weighted by Gasteiger charge is 2.38. The molecule has 0 aliphatic carbocycles. The third-order valence-corrected chi connectivity index (χ3v) is 10.8. The van der Waals surface area contributed by atoms with E-state index in [1.165, 1.54) is 57.0 Å². The van der Waals surface area contributed by atoms with Crippen molar-refractivity contribution in [3.63, 3.8) is 0 Å². The molecule has 3 aromatic carbocycles. The summed E-state index contributed by atoms with van der Waals surface area (Å²) < 4.78 is 99.4. The van der Waals surface area contributed by atoms with E-state index in [0.717, 1.165) is 38.9 Å². The number of nitrogens with zero attached hydrogens (tertiary/aromatic N) is 3. The highest BCUT2D eigenvalue weighted by Crippen LogP contribution is 2.39. The molecule has 54 heavy (non-hydrogen) atoms. The number of anilines is 2. The van der Waals surface area contributed by atoms with E-state index in [-0.39, 0.29) is 35.1 Å². The number of rotatable bonds is 14. The average Bonchev–Trinajstić information content (AvgIpc) is 3.46. The standard InChI is InChI=1S/C38H43F3N4O8S/c1-49-28-15-13-25(33(20-28)51-3)23-45(24-26-14-16-29(50-2)21-34(26)52-4)54(47,48)30-12-10-11-27(19-30)42-36(46)31-22-32(38(39,40)41)37(53-5)43-35(31)44-17-8-6-7-9-18-44/h10-16,19-22H,6-9,17-18,23-24H2,1-5H3,(H,42,46). The van der Waals surface area contributed by atoms with Gasteiger partial charge in [-0.1, -0.05) is 31.0 Å². The molecule has 1 N–H and O–H groups in total. The number of ether oxygens (including phenoxy) is 5. The number of methoxy groups -OCH3 is 5. The predicted octanol–water partition coefficient (Wildman–Crippen LogP) is 7.17. The molecule has 16 heteroatoms. The number of carbonyl (C=O) groups excluding carboxylic acids is 1. The van der Waals surface area contributed by atoms with Crippen LogP contribution in [0.15, 0.2) is 71.6 Å². The van der Waals surface area contributed by atoms with Gasteiger partial charge in [-0.2, -0.15) is 22.5 Å². The van der Waals surface area contributed by atoms with Crippen molar-refractivity contribution in [2.45, 2.75) is 49.8 Å². The zero-order valence-electron chi connectivity index (χ0n) is 30.7. The summed E-state index contributed by atoms with van der Waals surface area (Å²) in [5.41, 5.74) is -0.419. The van der Waals surface area contributed by atoms with E-state index in [2.05, 4.69) is 10.3 Å². The van der Waals surface area contributed by atoms with Gasteiger partial charge in [-0.15, -0.1) is 0 Å². The minimum Gasteiger partial charge on any atom is -0.497 e. The molecule has 0 bridgehead atoms. The van der Waals surface area contributed by atoms with Gasteiger partial charge >= 0.3 is 6.18 Å². The zero-order valence-corrected chi connectivity index (χ0v) is 31.5.